The molecule has 1 saturated heterocycles. The number of benzene rings is 1. The average Bonchev–Trinajstić information content (AvgIpc) is 2.68. The Hall–Kier alpha value is -1.34. The molecular weight excluding hydrogens is 258 g/mol. The van der Waals surface area contributed by atoms with Crippen LogP contribution in [-0.4, -0.2) is 49.1 Å². The van der Waals surface area contributed by atoms with Gasteiger partial charge in [-0.25, -0.2) is 0 Å². The van der Waals surface area contributed by atoms with Crippen molar-refractivity contribution < 1.29 is 0 Å². The quantitative estimate of drug-likeness (QED) is 0.861. The highest BCUT2D eigenvalue weighted by molar-refractivity contribution is 5.41. The summed E-state index contributed by atoms with van der Waals surface area (Å²) >= 11 is 0. The van der Waals surface area contributed by atoms with Gasteiger partial charge in [0.05, 0.1) is 6.54 Å². The summed E-state index contributed by atoms with van der Waals surface area (Å²) in [5, 5.41) is 0. The highest BCUT2D eigenvalue weighted by atomic mass is 15.2. The Morgan fingerprint density at radius 2 is 2.10 bits per heavy atom. The molecule has 1 aliphatic rings. The molecule has 114 valence electrons. The van der Waals surface area contributed by atoms with Crippen LogP contribution < -0.4 is 5.73 Å². The van der Waals surface area contributed by atoms with Crippen LogP contribution in [0.3, 0.4) is 0 Å². The SMILES string of the molecule is CCC1CN(C)CCCN1Cc1ccccc1C#CCN. The summed E-state index contributed by atoms with van der Waals surface area (Å²) in [6.45, 7) is 7.22. The molecule has 1 aromatic rings. The van der Waals surface area contributed by atoms with Crippen LogP contribution in [0, 0.1) is 11.8 Å². The molecule has 1 aromatic carbocycles. The summed E-state index contributed by atoms with van der Waals surface area (Å²) in [5.74, 6) is 6.19. The summed E-state index contributed by atoms with van der Waals surface area (Å²) in [6.07, 6.45) is 2.44. The summed E-state index contributed by atoms with van der Waals surface area (Å²) < 4.78 is 0. The summed E-state index contributed by atoms with van der Waals surface area (Å²) in [4.78, 5) is 5.07. The third kappa shape index (κ3) is 4.57. The van der Waals surface area contributed by atoms with Crippen LogP contribution in [0.2, 0.25) is 0 Å². The fraction of sp³-hybridized carbons (Fsp3) is 0.556. The summed E-state index contributed by atoms with van der Waals surface area (Å²) in [5.41, 5.74) is 7.94. The third-order valence-electron chi connectivity index (χ3n) is 4.21. The summed E-state index contributed by atoms with van der Waals surface area (Å²) in [7, 11) is 2.23. The largest absolute Gasteiger partial charge is 0.320 e. The molecule has 21 heavy (non-hydrogen) atoms. The van der Waals surface area contributed by atoms with Crippen molar-refractivity contribution >= 4 is 0 Å². The lowest BCUT2D eigenvalue weighted by atomic mass is 10.1. The van der Waals surface area contributed by atoms with Gasteiger partial charge >= 0.3 is 0 Å². The first kappa shape index (κ1) is 16.0. The summed E-state index contributed by atoms with van der Waals surface area (Å²) in [6, 6.07) is 9.09. The van der Waals surface area contributed by atoms with E-state index in [9.17, 15) is 0 Å². The molecule has 0 radical (unpaired) electrons. The lowest BCUT2D eigenvalue weighted by Crippen LogP contribution is -2.39. The van der Waals surface area contributed by atoms with Crippen molar-refractivity contribution in [2.45, 2.75) is 32.4 Å². The zero-order valence-corrected chi connectivity index (χ0v) is 13.3. The van der Waals surface area contributed by atoms with Crippen LogP contribution >= 0.6 is 0 Å². The van der Waals surface area contributed by atoms with E-state index in [0.29, 0.717) is 12.6 Å². The molecule has 0 aliphatic carbocycles. The Kier molecular flexibility index (Phi) is 6.25. The molecule has 0 saturated carbocycles. The van der Waals surface area contributed by atoms with E-state index in [2.05, 4.69) is 59.9 Å². The van der Waals surface area contributed by atoms with Crippen molar-refractivity contribution in [3.05, 3.63) is 35.4 Å². The van der Waals surface area contributed by atoms with E-state index in [1.807, 2.05) is 0 Å². The molecule has 3 heteroatoms. The Balaban J connectivity index is 2.16. The molecule has 1 unspecified atom stereocenters. The molecule has 0 spiro atoms. The van der Waals surface area contributed by atoms with Gasteiger partial charge in [0, 0.05) is 31.2 Å². The van der Waals surface area contributed by atoms with Crippen molar-refractivity contribution in [2.24, 2.45) is 5.73 Å². The first-order valence-electron chi connectivity index (χ1n) is 7.94. The Morgan fingerprint density at radius 1 is 1.29 bits per heavy atom. The molecule has 1 fully saturated rings. The van der Waals surface area contributed by atoms with Crippen LogP contribution in [0.1, 0.15) is 30.9 Å². The lowest BCUT2D eigenvalue weighted by molar-refractivity contribution is 0.176. The van der Waals surface area contributed by atoms with Gasteiger partial charge in [-0.1, -0.05) is 37.0 Å². The van der Waals surface area contributed by atoms with Crippen LogP contribution in [-0.2, 0) is 6.54 Å². The van der Waals surface area contributed by atoms with Gasteiger partial charge in [0.15, 0.2) is 0 Å². The molecule has 2 rings (SSSR count). The van der Waals surface area contributed by atoms with Gasteiger partial charge in [0.1, 0.15) is 0 Å². The van der Waals surface area contributed by atoms with Gasteiger partial charge in [-0.05, 0) is 38.1 Å². The first-order valence-corrected chi connectivity index (χ1v) is 7.94. The van der Waals surface area contributed by atoms with E-state index in [-0.39, 0.29) is 0 Å². The average molecular weight is 285 g/mol. The van der Waals surface area contributed by atoms with Gasteiger partial charge in [-0.15, -0.1) is 0 Å². The topological polar surface area (TPSA) is 32.5 Å². The maximum Gasteiger partial charge on any atom is 0.0555 e. The highest BCUT2D eigenvalue weighted by Gasteiger charge is 2.22. The molecule has 1 atom stereocenters. The van der Waals surface area contributed by atoms with Crippen LogP contribution in [0.4, 0.5) is 0 Å². The van der Waals surface area contributed by atoms with E-state index in [1.165, 1.54) is 31.5 Å². The van der Waals surface area contributed by atoms with E-state index in [4.69, 9.17) is 5.73 Å². The van der Waals surface area contributed by atoms with Crippen molar-refractivity contribution in [1.82, 2.24) is 9.80 Å². The van der Waals surface area contributed by atoms with Gasteiger partial charge in [-0.2, -0.15) is 0 Å². The van der Waals surface area contributed by atoms with Gasteiger partial charge in [-0.3, -0.25) is 4.90 Å². The molecule has 2 N–H and O–H groups in total. The number of likely N-dealkylation sites (N-methyl/N-ethyl adjacent to an activating group) is 1. The zero-order valence-electron chi connectivity index (χ0n) is 13.3. The lowest BCUT2D eigenvalue weighted by Gasteiger charge is -2.30. The van der Waals surface area contributed by atoms with E-state index >= 15 is 0 Å². The molecule has 3 nitrogen and oxygen atoms in total. The molecule has 1 aliphatic heterocycles. The minimum atomic E-state index is 0.417. The minimum absolute atomic E-state index is 0.417. The highest BCUT2D eigenvalue weighted by Crippen LogP contribution is 2.17. The minimum Gasteiger partial charge on any atom is -0.320 e. The number of nitrogens with zero attached hydrogens (tertiary/aromatic N) is 2. The van der Waals surface area contributed by atoms with Crippen LogP contribution in [0.15, 0.2) is 24.3 Å². The second-order valence-corrected chi connectivity index (χ2v) is 5.81. The molecule has 0 bridgehead atoms. The Labute approximate surface area is 129 Å². The molecule has 0 amide bonds. The number of rotatable bonds is 3. The second kappa shape index (κ2) is 8.19. The predicted molar refractivity (Wildman–Crippen MR) is 89.0 cm³/mol. The van der Waals surface area contributed by atoms with Crippen molar-refractivity contribution in [1.29, 1.82) is 0 Å². The Bertz CT molecular complexity index is 501. The molecular formula is C18H27N3. The maximum atomic E-state index is 5.50. The molecule has 1 heterocycles. The van der Waals surface area contributed by atoms with E-state index in [0.717, 1.165) is 18.7 Å². The Morgan fingerprint density at radius 3 is 2.86 bits per heavy atom. The zero-order chi connectivity index (χ0) is 15.1. The molecule has 0 aromatic heterocycles. The number of hydrogen-bond acceptors (Lipinski definition) is 3. The van der Waals surface area contributed by atoms with Crippen molar-refractivity contribution in [3.8, 4) is 11.8 Å². The third-order valence-corrected chi connectivity index (χ3v) is 4.21. The standard InChI is InChI=1S/C18H27N3/c1-3-18-15-20(2)12-7-13-21(18)14-17-9-5-4-8-16(17)10-6-11-19/h4-5,8-9,18H,3,7,11-15,19H2,1-2H3. The maximum absolute atomic E-state index is 5.50. The van der Waals surface area contributed by atoms with Crippen LogP contribution in [0.5, 0.6) is 0 Å². The van der Waals surface area contributed by atoms with E-state index < -0.39 is 0 Å². The monoisotopic (exact) mass is 285 g/mol. The van der Waals surface area contributed by atoms with Gasteiger partial charge < -0.3 is 10.6 Å². The second-order valence-electron chi connectivity index (χ2n) is 5.81. The van der Waals surface area contributed by atoms with Crippen molar-refractivity contribution in [3.63, 3.8) is 0 Å². The van der Waals surface area contributed by atoms with E-state index in [1.54, 1.807) is 0 Å². The van der Waals surface area contributed by atoms with Gasteiger partial charge in [0.2, 0.25) is 0 Å². The van der Waals surface area contributed by atoms with Crippen LogP contribution in [0.25, 0.3) is 0 Å². The first-order chi connectivity index (χ1) is 10.2. The number of hydrogen-bond donors (Lipinski definition) is 1. The van der Waals surface area contributed by atoms with Gasteiger partial charge in [0.25, 0.3) is 0 Å². The fourth-order valence-corrected chi connectivity index (χ4v) is 3.03. The predicted octanol–water partition coefficient (Wildman–Crippen LogP) is 1.91. The fourth-order valence-electron chi connectivity index (χ4n) is 3.03. The normalized spacial score (nSPS) is 20.6. The van der Waals surface area contributed by atoms with Crippen molar-refractivity contribution in [2.75, 3.05) is 33.2 Å². The number of nitrogens with two attached hydrogens (primary N) is 1. The smallest absolute Gasteiger partial charge is 0.0555 e.